The SMILES string of the molecule is O=C(CN1CCN(C(=O)c2cccc(S(=O)(=O)N3CCc4ccccc4C3)c2)CC1)N1CCCC1. The molecule has 0 aromatic heterocycles. The van der Waals surface area contributed by atoms with Crippen molar-refractivity contribution in [3.63, 3.8) is 0 Å². The Kier molecular flexibility index (Phi) is 6.91. The Morgan fingerprint density at radius 3 is 2.23 bits per heavy atom. The van der Waals surface area contributed by atoms with Gasteiger partial charge in [0.2, 0.25) is 15.9 Å². The van der Waals surface area contributed by atoms with Crippen LogP contribution in [-0.4, -0.2) is 91.6 Å². The summed E-state index contributed by atoms with van der Waals surface area (Å²) in [6.07, 6.45) is 2.83. The highest BCUT2D eigenvalue weighted by Gasteiger charge is 2.30. The molecule has 3 aliphatic rings. The van der Waals surface area contributed by atoms with E-state index in [4.69, 9.17) is 0 Å². The summed E-state index contributed by atoms with van der Waals surface area (Å²) in [5.41, 5.74) is 2.59. The first-order chi connectivity index (χ1) is 16.9. The molecule has 0 N–H and O–H groups in total. The molecule has 2 fully saturated rings. The number of benzene rings is 2. The van der Waals surface area contributed by atoms with Crippen LogP contribution in [-0.2, 0) is 27.8 Å². The Morgan fingerprint density at radius 1 is 0.771 bits per heavy atom. The number of carbonyl (C=O) groups is 2. The average molecular weight is 497 g/mol. The van der Waals surface area contributed by atoms with Gasteiger partial charge in [0.25, 0.3) is 5.91 Å². The Hall–Kier alpha value is -2.75. The summed E-state index contributed by atoms with van der Waals surface area (Å²) >= 11 is 0. The number of piperazine rings is 1. The largest absolute Gasteiger partial charge is 0.342 e. The van der Waals surface area contributed by atoms with Crippen molar-refractivity contribution in [1.82, 2.24) is 19.0 Å². The molecule has 0 aliphatic carbocycles. The van der Waals surface area contributed by atoms with Gasteiger partial charge in [-0.1, -0.05) is 30.3 Å². The van der Waals surface area contributed by atoms with Crippen molar-refractivity contribution in [2.45, 2.75) is 30.7 Å². The maximum absolute atomic E-state index is 13.4. The third kappa shape index (κ3) is 5.12. The van der Waals surface area contributed by atoms with Crippen molar-refractivity contribution < 1.29 is 18.0 Å². The van der Waals surface area contributed by atoms with Gasteiger partial charge in [0, 0.05) is 57.9 Å². The van der Waals surface area contributed by atoms with Gasteiger partial charge in [-0.25, -0.2) is 8.42 Å². The maximum atomic E-state index is 13.4. The number of sulfonamides is 1. The van der Waals surface area contributed by atoms with E-state index in [1.165, 1.54) is 15.9 Å². The lowest BCUT2D eigenvalue weighted by atomic mass is 10.0. The molecule has 0 unspecified atom stereocenters. The summed E-state index contributed by atoms with van der Waals surface area (Å²) in [5.74, 6) is -0.00270. The van der Waals surface area contributed by atoms with E-state index in [9.17, 15) is 18.0 Å². The molecule has 0 saturated carbocycles. The number of rotatable bonds is 5. The van der Waals surface area contributed by atoms with Crippen LogP contribution in [0.15, 0.2) is 53.4 Å². The van der Waals surface area contributed by atoms with Crippen LogP contribution >= 0.6 is 0 Å². The normalized spacial score (nSPS) is 19.5. The summed E-state index contributed by atoms with van der Waals surface area (Å²) in [7, 11) is -3.71. The minimum Gasteiger partial charge on any atom is -0.342 e. The van der Waals surface area contributed by atoms with Gasteiger partial charge in [0.15, 0.2) is 0 Å². The lowest BCUT2D eigenvalue weighted by molar-refractivity contribution is -0.131. The van der Waals surface area contributed by atoms with Crippen LogP contribution in [0.25, 0.3) is 0 Å². The molecule has 2 aromatic carbocycles. The predicted octanol–water partition coefficient (Wildman–Crippen LogP) is 1.81. The van der Waals surface area contributed by atoms with Gasteiger partial charge < -0.3 is 9.80 Å². The molecule has 8 nitrogen and oxygen atoms in total. The summed E-state index contributed by atoms with van der Waals surface area (Å²) in [6.45, 7) is 5.17. The fourth-order valence-electron chi connectivity index (χ4n) is 5.16. The Balaban J connectivity index is 1.22. The first kappa shape index (κ1) is 24.0. The smallest absolute Gasteiger partial charge is 0.253 e. The van der Waals surface area contributed by atoms with Gasteiger partial charge in [0.05, 0.1) is 11.4 Å². The fraction of sp³-hybridized carbons (Fsp3) is 0.462. The molecule has 3 heterocycles. The van der Waals surface area contributed by atoms with Gasteiger partial charge in [-0.05, 0) is 48.6 Å². The minimum atomic E-state index is -3.71. The number of nitrogens with zero attached hydrogens (tertiary/aromatic N) is 4. The molecule has 0 bridgehead atoms. The quantitative estimate of drug-likeness (QED) is 0.631. The summed E-state index contributed by atoms with van der Waals surface area (Å²) < 4.78 is 28.2. The highest BCUT2D eigenvalue weighted by molar-refractivity contribution is 7.89. The molecular weight excluding hydrogens is 464 g/mol. The van der Waals surface area contributed by atoms with E-state index < -0.39 is 10.0 Å². The number of hydrogen-bond acceptors (Lipinski definition) is 5. The topological polar surface area (TPSA) is 81.2 Å². The van der Waals surface area contributed by atoms with E-state index >= 15 is 0 Å². The van der Waals surface area contributed by atoms with Crippen molar-refractivity contribution in [3.8, 4) is 0 Å². The molecule has 9 heteroatoms. The second kappa shape index (κ2) is 10.1. The number of hydrogen-bond donors (Lipinski definition) is 0. The molecule has 2 amide bonds. The van der Waals surface area contributed by atoms with E-state index in [0.717, 1.165) is 31.5 Å². The molecule has 35 heavy (non-hydrogen) atoms. The monoisotopic (exact) mass is 496 g/mol. The second-order valence-electron chi connectivity index (χ2n) is 9.54. The zero-order chi connectivity index (χ0) is 24.4. The maximum Gasteiger partial charge on any atom is 0.253 e. The molecule has 0 atom stereocenters. The molecule has 2 saturated heterocycles. The molecule has 3 aliphatic heterocycles. The zero-order valence-electron chi connectivity index (χ0n) is 19.9. The molecule has 2 aromatic rings. The molecule has 186 valence electrons. The first-order valence-electron chi connectivity index (χ1n) is 12.4. The van der Waals surface area contributed by atoms with Gasteiger partial charge in [-0.3, -0.25) is 14.5 Å². The second-order valence-corrected chi connectivity index (χ2v) is 11.5. The lowest BCUT2D eigenvalue weighted by Gasteiger charge is -2.35. The van der Waals surface area contributed by atoms with E-state index in [-0.39, 0.29) is 16.7 Å². The minimum absolute atomic E-state index is 0.151. The van der Waals surface area contributed by atoms with E-state index in [1.54, 1.807) is 23.1 Å². The number of likely N-dealkylation sites (tertiary alicyclic amines) is 1. The van der Waals surface area contributed by atoms with Crippen LogP contribution in [0.5, 0.6) is 0 Å². The molecular formula is C26H32N4O4S. The van der Waals surface area contributed by atoms with Crippen LogP contribution in [0.1, 0.15) is 34.3 Å². The summed E-state index contributed by atoms with van der Waals surface area (Å²) in [5, 5.41) is 0. The summed E-state index contributed by atoms with van der Waals surface area (Å²) in [6, 6.07) is 14.3. The van der Waals surface area contributed by atoms with E-state index in [0.29, 0.717) is 57.8 Å². The Morgan fingerprint density at radius 2 is 1.49 bits per heavy atom. The molecule has 0 spiro atoms. The highest BCUT2D eigenvalue weighted by Crippen LogP contribution is 2.25. The first-order valence-corrected chi connectivity index (χ1v) is 13.8. The van der Waals surface area contributed by atoms with Crippen molar-refractivity contribution >= 4 is 21.8 Å². The van der Waals surface area contributed by atoms with Gasteiger partial charge in [-0.15, -0.1) is 0 Å². The highest BCUT2D eigenvalue weighted by atomic mass is 32.2. The summed E-state index contributed by atoms with van der Waals surface area (Å²) in [4.78, 5) is 31.5. The zero-order valence-corrected chi connectivity index (χ0v) is 20.8. The van der Waals surface area contributed by atoms with Crippen molar-refractivity contribution in [3.05, 3.63) is 65.2 Å². The van der Waals surface area contributed by atoms with Crippen molar-refractivity contribution in [2.75, 3.05) is 52.4 Å². The van der Waals surface area contributed by atoms with Gasteiger partial charge in [0.1, 0.15) is 0 Å². The number of fused-ring (bicyclic) bond motifs is 1. The van der Waals surface area contributed by atoms with Crippen molar-refractivity contribution in [1.29, 1.82) is 0 Å². The van der Waals surface area contributed by atoms with Crippen LogP contribution in [0.3, 0.4) is 0 Å². The van der Waals surface area contributed by atoms with E-state index in [2.05, 4.69) is 4.90 Å². The Bertz CT molecular complexity index is 1200. The predicted molar refractivity (Wildman–Crippen MR) is 132 cm³/mol. The molecule has 0 radical (unpaired) electrons. The average Bonchev–Trinajstić information content (AvgIpc) is 3.44. The third-order valence-corrected chi connectivity index (χ3v) is 9.13. The number of carbonyl (C=O) groups excluding carboxylic acids is 2. The van der Waals surface area contributed by atoms with Gasteiger partial charge >= 0.3 is 0 Å². The fourth-order valence-corrected chi connectivity index (χ4v) is 6.63. The number of amides is 2. The van der Waals surface area contributed by atoms with E-state index in [1.807, 2.05) is 29.2 Å². The van der Waals surface area contributed by atoms with Gasteiger partial charge in [-0.2, -0.15) is 4.31 Å². The Labute approximate surface area is 207 Å². The van der Waals surface area contributed by atoms with Crippen LogP contribution in [0, 0.1) is 0 Å². The van der Waals surface area contributed by atoms with Crippen molar-refractivity contribution in [2.24, 2.45) is 0 Å². The third-order valence-electron chi connectivity index (χ3n) is 7.29. The standard InChI is InChI=1S/C26H32N4O4S/c31-25(28-11-3-4-12-28)20-27-14-16-29(17-15-27)26(32)22-8-5-9-24(18-22)35(33,34)30-13-10-21-6-1-2-7-23(21)19-30/h1-2,5-9,18H,3-4,10-17,19-20H2. The van der Waals surface area contributed by atoms with Crippen LogP contribution in [0.2, 0.25) is 0 Å². The lowest BCUT2D eigenvalue weighted by Crippen LogP contribution is -2.51. The molecule has 5 rings (SSSR count). The van der Waals surface area contributed by atoms with Crippen LogP contribution in [0.4, 0.5) is 0 Å². The van der Waals surface area contributed by atoms with Crippen LogP contribution < -0.4 is 0 Å².